The van der Waals surface area contributed by atoms with E-state index >= 15 is 0 Å². The minimum Gasteiger partial charge on any atom is -0.380 e. The van der Waals surface area contributed by atoms with Crippen molar-refractivity contribution in [3.8, 4) is 6.07 Å². The Kier molecular flexibility index (Phi) is 4.41. The Labute approximate surface area is 126 Å². The van der Waals surface area contributed by atoms with Crippen molar-refractivity contribution in [3.05, 3.63) is 68.2 Å². The van der Waals surface area contributed by atoms with Crippen molar-refractivity contribution < 1.29 is 4.92 Å². The van der Waals surface area contributed by atoms with E-state index in [1.54, 1.807) is 31.2 Å². The maximum Gasteiger partial charge on any atom is 0.272 e. The summed E-state index contributed by atoms with van der Waals surface area (Å²) in [6.07, 6.45) is 0. The van der Waals surface area contributed by atoms with Crippen molar-refractivity contribution >= 4 is 23.0 Å². The van der Waals surface area contributed by atoms with Crippen LogP contribution in [0.3, 0.4) is 0 Å². The van der Waals surface area contributed by atoms with Crippen LogP contribution in [-0.2, 0) is 6.54 Å². The van der Waals surface area contributed by atoms with Gasteiger partial charge in [0.05, 0.1) is 16.2 Å². The molecule has 0 heterocycles. The molecule has 2 rings (SSSR count). The molecule has 0 atom stereocenters. The van der Waals surface area contributed by atoms with Gasteiger partial charge >= 0.3 is 0 Å². The number of nitro groups is 1. The first-order valence-electron chi connectivity index (χ1n) is 6.19. The third kappa shape index (κ3) is 3.30. The van der Waals surface area contributed by atoms with Crippen molar-refractivity contribution in [2.75, 3.05) is 5.32 Å². The van der Waals surface area contributed by atoms with Gasteiger partial charge < -0.3 is 5.32 Å². The topological polar surface area (TPSA) is 79.0 Å². The third-order valence-corrected chi connectivity index (χ3v) is 3.42. The second-order valence-corrected chi connectivity index (χ2v) is 4.91. The Morgan fingerprint density at radius 1 is 1.38 bits per heavy atom. The van der Waals surface area contributed by atoms with E-state index in [0.29, 0.717) is 28.4 Å². The Morgan fingerprint density at radius 3 is 2.81 bits per heavy atom. The van der Waals surface area contributed by atoms with E-state index in [-0.39, 0.29) is 5.69 Å². The lowest BCUT2D eigenvalue weighted by Gasteiger charge is -2.10. The highest BCUT2D eigenvalue weighted by molar-refractivity contribution is 6.30. The van der Waals surface area contributed by atoms with Crippen LogP contribution in [0.15, 0.2) is 36.4 Å². The summed E-state index contributed by atoms with van der Waals surface area (Å²) in [7, 11) is 0. The van der Waals surface area contributed by atoms with E-state index in [1.165, 1.54) is 6.07 Å². The number of nitriles is 1. The number of anilines is 1. The number of benzene rings is 2. The zero-order valence-electron chi connectivity index (χ0n) is 11.3. The highest BCUT2D eigenvalue weighted by Gasteiger charge is 2.13. The Morgan fingerprint density at radius 2 is 2.14 bits per heavy atom. The molecule has 1 N–H and O–H groups in total. The minimum atomic E-state index is -0.401. The fourth-order valence-corrected chi connectivity index (χ4v) is 2.18. The molecule has 0 saturated carbocycles. The summed E-state index contributed by atoms with van der Waals surface area (Å²) in [5.41, 5.74) is 2.59. The van der Waals surface area contributed by atoms with Gasteiger partial charge in [0, 0.05) is 23.2 Å². The number of hydrogen-bond acceptors (Lipinski definition) is 4. The van der Waals surface area contributed by atoms with Crippen LogP contribution in [0.1, 0.15) is 16.7 Å². The van der Waals surface area contributed by atoms with Crippen LogP contribution in [-0.4, -0.2) is 4.92 Å². The van der Waals surface area contributed by atoms with Gasteiger partial charge in [-0.25, -0.2) is 0 Å². The van der Waals surface area contributed by atoms with E-state index in [1.807, 2.05) is 6.07 Å². The Hall–Kier alpha value is -2.58. The molecule has 6 heteroatoms. The normalized spacial score (nSPS) is 9.95. The molecule has 0 aliphatic rings. The Bertz CT molecular complexity index is 738. The van der Waals surface area contributed by atoms with Crippen LogP contribution in [0.25, 0.3) is 0 Å². The molecular weight excluding hydrogens is 290 g/mol. The maximum absolute atomic E-state index is 10.9. The summed E-state index contributed by atoms with van der Waals surface area (Å²) in [5.74, 6) is 0. The summed E-state index contributed by atoms with van der Waals surface area (Å²) in [6, 6.07) is 12.0. The first-order valence-corrected chi connectivity index (χ1v) is 6.57. The summed E-state index contributed by atoms with van der Waals surface area (Å²) < 4.78 is 0. The van der Waals surface area contributed by atoms with Crippen molar-refractivity contribution in [1.82, 2.24) is 0 Å². The average Bonchev–Trinajstić information content (AvgIpc) is 2.46. The number of nitrogens with one attached hydrogen (secondary N) is 1. The molecule has 0 bridgehead atoms. The van der Waals surface area contributed by atoms with Gasteiger partial charge in [-0.15, -0.1) is 0 Å². The van der Waals surface area contributed by atoms with Crippen molar-refractivity contribution in [1.29, 1.82) is 5.26 Å². The molecule has 0 unspecified atom stereocenters. The zero-order chi connectivity index (χ0) is 15.4. The van der Waals surface area contributed by atoms with Gasteiger partial charge in [-0.3, -0.25) is 10.1 Å². The zero-order valence-corrected chi connectivity index (χ0v) is 12.0. The lowest BCUT2D eigenvalue weighted by Crippen LogP contribution is -2.04. The molecule has 0 saturated heterocycles. The van der Waals surface area contributed by atoms with Crippen molar-refractivity contribution in [2.24, 2.45) is 0 Å². The van der Waals surface area contributed by atoms with E-state index in [0.717, 1.165) is 5.56 Å². The Balaban J connectivity index is 2.23. The molecular formula is C15H12ClN3O2. The standard InChI is InChI=1S/C15H12ClN3O2/c1-10-11(3-2-4-15(10)19(20)21)9-18-14-6-5-13(16)7-12(14)8-17/h2-7,18H,9H2,1H3. The van der Waals surface area contributed by atoms with E-state index in [9.17, 15) is 10.1 Å². The number of hydrogen-bond donors (Lipinski definition) is 1. The van der Waals surface area contributed by atoms with Gasteiger partial charge in [0.15, 0.2) is 0 Å². The predicted octanol–water partition coefficient (Wildman–Crippen LogP) is 4.04. The first-order chi connectivity index (χ1) is 10.0. The van der Waals surface area contributed by atoms with Crippen LogP contribution < -0.4 is 5.32 Å². The maximum atomic E-state index is 10.9. The molecule has 0 spiro atoms. The van der Waals surface area contributed by atoms with Gasteiger partial charge in [0.25, 0.3) is 5.69 Å². The average molecular weight is 302 g/mol. The van der Waals surface area contributed by atoms with Crippen LogP contribution in [0, 0.1) is 28.4 Å². The molecule has 0 aliphatic heterocycles. The molecule has 0 amide bonds. The lowest BCUT2D eigenvalue weighted by molar-refractivity contribution is -0.385. The van der Waals surface area contributed by atoms with Crippen LogP contribution >= 0.6 is 11.6 Å². The van der Waals surface area contributed by atoms with E-state index < -0.39 is 4.92 Å². The molecule has 2 aromatic rings. The number of rotatable bonds is 4. The number of nitrogens with zero attached hydrogens (tertiary/aromatic N) is 2. The summed E-state index contributed by atoms with van der Waals surface area (Å²) in [4.78, 5) is 10.5. The fourth-order valence-electron chi connectivity index (χ4n) is 2.01. The van der Waals surface area contributed by atoms with Crippen LogP contribution in [0.2, 0.25) is 5.02 Å². The van der Waals surface area contributed by atoms with Crippen molar-refractivity contribution in [3.63, 3.8) is 0 Å². The molecule has 5 nitrogen and oxygen atoms in total. The van der Waals surface area contributed by atoms with Gasteiger partial charge in [0.1, 0.15) is 6.07 Å². The van der Waals surface area contributed by atoms with E-state index in [4.69, 9.17) is 16.9 Å². The minimum absolute atomic E-state index is 0.0888. The van der Waals surface area contributed by atoms with Crippen LogP contribution in [0.4, 0.5) is 11.4 Å². The lowest BCUT2D eigenvalue weighted by atomic mass is 10.1. The SMILES string of the molecule is Cc1c(CNc2ccc(Cl)cc2C#N)cccc1[N+](=O)[O-]. The predicted molar refractivity (Wildman–Crippen MR) is 81.3 cm³/mol. The van der Waals surface area contributed by atoms with Gasteiger partial charge in [-0.1, -0.05) is 23.7 Å². The molecule has 0 aromatic heterocycles. The third-order valence-electron chi connectivity index (χ3n) is 3.19. The van der Waals surface area contributed by atoms with Gasteiger partial charge in [-0.05, 0) is 30.7 Å². The summed E-state index contributed by atoms with van der Waals surface area (Å²) in [6.45, 7) is 2.10. The van der Waals surface area contributed by atoms with Gasteiger partial charge in [0.2, 0.25) is 0 Å². The second-order valence-electron chi connectivity index (χ2n) is 4.47. The second kappa shape index (κ2) is 6.25. The molecule has 0 aliphatic carbocycles. The molecule has 106 valence electrons. The molecule has 0 radical (unpaired) electrons. The van der Waals surface area contributed by atoms with E-state index in [2.05, 4.69) is 11.4 Å². The summed E-state index contributed by atoms with van der Waals surface area (Å²) >= 11 is 5.84. The van der Waals surface area contributed by atoms with Crippen LogP contribution in [0.5, 0.6) is 0 Å². The monoisotopic (exact) mass is 301 g/mol. The summed E-state index contributed by atoms with van der Waals surface area (Å²) in [5, 5.41) is 23.6. The van der Waals surface area contributed by atoms with Gasteiger partial charge in [-0.2, -0.15) is 5.26 Å². The highest BCUT2D eigenvalue weighted by atomic mass is 35.5. The number of nitro benzene ring substituents is 1. The fraction of sp³-hybridized carbons (Fsp3) is 0.133. The van der Waals surface area contributed by atoms with Crippen molar-refractivity contribution in [2.45, 2.75) is 13.5 Å². The quantitative estimate of drug-likeness (QED) is 0.682. The first kappa shape index (κ1) is 14.8. The number of halogens is 1. The molecule has 0 fully saturated rings. The highest BCUT2D eigenvalue weighted by Crippen LogP contribution is 2.24. The molecule has 2 aromatic carbocycles. The largest absolute Gasteiger partial charge is 0.380 e. The molecule has 21 heavy (non-hydrogen) atoms. The smallest absolute Gasteiger partial charge is 0.272 e.